The molecule has 0 unspecified atom stereocenters. The second-order valence-electron chi connectivity index (χ2n) is 5.23. The van der Waals surface area contributed by atoms with Crippen LogP contribution >= 0.6 is 11.3 Å². The molecule has 0 aliphatic carbocycles. The van der Waals surface area contributed by atoms with Gasteiger partial charge in [0.2, 0.25) is 5.91 Å². The Balaban J connectivity index is 1.62. The van der Waals surface area contributed by atoms with E-state index in [0.717, 1.165) is 23.9 Å². The van der Waals surface area contributed by atoms with Gasteiger partial charge in [0, 0.05) is 31.4 Å². The first-order valence-corrected chi connectivity index (χ1v) is 7.79. The molecule has 0 aromatic carbocycles. The topological polar surface area (TPSA) is 83.0 Å². The van der Waals surface area contributed by atoms with E-state index < -0.39 is 11.9 Å². The van der Waals surface area contributed by atoms with Gasteiger partial charge in [-0.25, -0.2) is 4.98 Å². The minimum absolute atomic E-state index is 0.0930. The van der Waals surface area contributed by atoms with Crippen LogP contribution in [0.4, 0.5) is 5.13 Å². The molecule has 2 saturated heterocycles. The Bertz CT molecular complexity index is 541. The van der Waals surface area contributed by atoms with Gasteiger partial charge < -0.3 is 19.6 Å². The summed E-state index contributed by atoms with van der Waals surface area (Å²) in [6.45, 7) is 3.75. The number of anilines is 1. The number of aliphatic carboxylic acids is 1. The maximum Gasteiger partial charge on any atom is 0.308 e. The number of carboxylic acids is 1. The molecule has 3 rings (SSSR count). The first kappa shape index (κ1) is 14.3. The second-order valence-corrected chi connectivity index (χ2v) is 6.07. The maximum absolute atomic E-state index is 11.8. The van der Waals surface area contributed by atoms with Crippen molar-refractivity contribution < 1.29 is 19.4 Å². The van der Waals surface area contributed by atoms with Gasteiger partial charge in [-0.15, -0.1) is 11.3 Å². The third-order valence-electron chi connectivity index (χ3n) is 3.74. The van der Waals surface area contributed by atoms with E-state index in [1.54, 1.807) is 16.2 Å². The number of aromatic nitrogens is 1. The normalized spacial score (nSPS) is 22.9. The predicted molar refractivity (Wildman–Crippen MR) is 76.3 cm³/mol. The van der Waals surface area contributed by atoms with Gasteiger partial charge in [-0.2, -0.15) is 0 Å². The summed E-state index contributed by atoms with van der Waals surface area (Å²) in [5, 5.41) is 11.9. The number of ether oxygens (including phenoxy) is 1. The molecule has 0 bridgehead atoms. The van der Waals surface area contributed by atoms with Crippen LogP contribution in [0.2, 0.25) is 0 Å². The third kappa shape index (κ3) is 3.16. The lowest BCUT2D eigenvalue weighted by atomic mass is 10.1. The molecule has 1 atom stereocenters. The predicted octanol–water partition coefficient (Wildman–Crippen LogP) is 0.413. The molecule has 3 heterocycles. The van der Waals surface area contributed by atoms with Crippen molar-refractivity contribution in [1.29, 1.82) is 0 Å². The van der Waals surface area contributed by atoms with Crippen LogP contribution in [0.15, 0.2) is 5.38 Å². The van der Waals surface area contributed by atoms with Crippen LogP contribution in [0.1, 0.15) is 12.1 Å². The summed E-state index contributed by atoms with van der Waals surface area (Å²) in [5.74, 6) is -1.60. The smallest absolute Gasteiger partial charge is 0.308 e. The number of nitrogens with zero attached hydrogens (tertiary/aromatic N) is 3. The minimum atomic E-state index is -0.905. The fourth-order valence-electron chi connectivity index (χ4n) is 2.55. The minimum Gasteiger partial charge on any atom is -0.481 e. The Morgan fingerprint density at radius 2 is 2.24 bits per heavy atom. The monoisotopic (exact) mass is 311 g/mol. The largest absolute Gasteiger partial charge is 0.481 e. The average Bonchev–Trinajstić information content (AvgIpc) is 3.08. The highest BCUT2D eigenvalue weighted by Crippen LogP contribution is 2.25. The summed E-state index contributed by atoms with van der Waals surface area (Å²) >= 11 is 1.55. The van der Waals surface area contributed by atoms with Crippen molar-refractivity contribution in [2.45, 2.75) is 13.0 Å². The lowest BCUT2D eigenvalue weighted by molar-refractivity contribution is -0.141. The molecule has 2 aliphatic rings. The highest BCUT2D eigenvalue weighted by atomic mass is 32.1. The van der Waals surface area contributed by atoms with Crippen molar-refractivity contribution in [2.75, 3.05) is 37.7 Å². The van der Waals surface area contributed by atoms with E-state index in [4.69, 9.17) is 9.84 Å². The molecule has 8 heteroatoms. The summed E-state index contributed by atoms with van der Waals surface area (Å²) in [4.78, 5) is 31.1. The number of rotatable bonds is 4. The summed E-state index contributed by atoms with van der Waals surface area (Å²) in [6.07, 6.45) is 0.0930. The van der Waals surface area contributed by atoms with Gasteiger partial charge >= 0.3 is 5.97 Å². The van der Waals surface area contributed by atoms with Gasteiger partial charge in [-0.3, -0.25) is 9.59 Å². The Morgan fingerprint density at radius 1 is 1.48 bits per heavy atom. The third-order valence-corrected chi connectivity index (χ3v) is 4.69. The summed E-state index contributed by atoms with van der Waals surface area (Å²) < 4.78 is 5.31. The first-order chi connectivity index (χ1) is 10.1. The van der Waals surface area contributed by atoms with Gasteiger partial charge in [-0.05, 0) is 0 Å². The maximum atomic E-state index is 11.8. The standard InChI is InChI=1S/C13H17N3O4S/c17-11-5-9(12(18)19)6-16(11)7-10-8-21-13(14-10)15-1-3-20-4-2-15/h8-9H,1-7H2,(H,18,19)/t9-/m1/s1. The van der Waals surface area contributed by atoms with Gasteiger partial charge in [-0.1, -0.05) is 0 Å². The fraction of sp³-hybridized carbons (Fsp3) is 0.615. The van der Waals surface area contributed by atoms with Gasteiger partial charge in [0.05, 0.1) is 31.4 Å². The van der Waals surface area contributed by atoms with Crippen LogP contribution in [0.3, 0.4) is 0 Å². The van der Waals surface area contributed by atoms with E-state index in [1.165, 1.54) is 0 Å². The highest BCUT2D eigenvalue weighted by molar-refractivity contribution is 7.13. The fourth-order valence-corrected chi connectivity index (χ4v) is 3.43. The number of hydrogen-bond donors (Lipinski definition) is 1. The molecular weight excluding hydrogens is 294 g/mol. The van der Waals surface area contributed by atoms with Gasteiger partial charge in [0.25, 0.3) is 0 Å². The zero-order valence-electron chi connectivity index (χ0n) is 11.5. The molecule has 0 saturated carbocycles. The zero-order chi connectivity index (χ0) is 14.8. The summed E-state index contributed by atoms with van der Waals surface area (Å²) in [7, 11) is 0. The lowest BCUT2D eigenvalue weighted by Crippen LogP contribution is -2.36. The molecular formula is C13H17N3O4S. The molecule has 1 amide bonds. The molecule has 1 N–H and O–H groups in total. The lowest BCUT2D eigenvalue weighted by Gasteiger charge is -2.26. The number of hydrogen-bond acceptors (Lipinski definition) is 6. The summed E-state index contributed by atoms with van der Waals surface area (Å²) in [6, 6.07) is 0. The molecule has 2 aliphatic heterocycles. The van der Waals surface area contributed by atoms with Gasteiger partial charge in [0.1, 0.15) is 0 Å². The van der Waals surface area contributed by atoms with Crippen molar-refractivity contribution in [3.63, 3.8) is 0 Å². The van der Waals surface area contributed by atoms with Crippen LogP contribution in [0, 0.1) is 5.92 Å². The molecule has 0 spiro atoms. The van der Waals surface area contributed by atoms with Crippen LogP contribution in [-0.4, -0.2) is 59.7 Å². The highest BCUT2D eigenvalue weighted by Gasteiger charge is 2.34. The van der Waals surface area contributed by atoms with E-state index in [1.807, 2.05) is 5.38 Å². The Kier molecular flexibility index (Phi) is 4.07. The number of carbonyl (C=O) groups excluding carboxylic acids is 1. The number of thiazole rings is 1. The summed E-state index contributed by atoms with van der Waals surface area (Å²) in [5.41, 5.74) is 0.820. The van der Waals surface area contributed by atoms with Crippen LogP contribution in [0.5, 0.6) is 0 Å². The van der Waals surface area contributed by atoms with Crippen molar-refractivity contribution in [3.8, 4) is 0 Å². The number of amides is 1. The van der Waals surface area contributed by atoms with Crippen molar-refractivity contribution in [2.24, 2.45) is 5.92 Å². The van der Waals surface area contributed by atoms with E-state index in [0.29, 0.717) is 19.8 Å². The van der Waals surface area contributed by atoms with Crippen LogP contribution in [0.25, 0.3) is 0 Å². The second kappa shape index (κ2) is 5.98. The van der Waals surface area contributed by atoms with E-state index in [-0.39, 0.29) is 18.9 Å². The number of morpholine rings is 1. The van der Waals surface area contributed by atoms with E-state index in [9.17, 15) is 9.59 Å². The first-order valence-electron chi connectivity index (χ1n) is 6.91. The molecule has 1 aromatic rings. The Morgan fingerprint density at radius 3 is 2.90 bits per heavy atom. The molecule has 2 fully saturated rings. The Labute approximate surface area is 126 Å². The van der Waals surface area contributed by atoms with E-state index >= 15 is 0 Å². The van der Waals surface area contributed by atoms with Crippen molar-refractivity contribution in [3.05, 3.63) is 11.1 Å². The molecule has 0 radical (unpaired) electrons. The van der Waals surface area contributed by atoms with Crippen LogP contribution < -0.4 is 4.90 Å². The quantitative estimate of drug-likeness (QED) is 0.867. The average molecular weight is 311 g/mol. The number of likely N-dealkylation sites (tertiary alicyclic amines) is 1. The Hall–Kier alpha value is -1.67. The molecule has 1 aromatic heterocycles. The number of carboxylic acid groups (broad SMARTS) is 1. The molecule has 7 nitrogen and oxygen atoms in total. The molecule has 21 heavy (non-hydrogen) atoms. The van der Waals surface area contributed by atoms with Crippen molar-refractivity contribution in [1.82, 2.24) is 9.88 Å². The van der Waals surface area contributed by atoms with E-state index in [2.05, 4.69) is 9.88 Å². The van der Waals surface area contributed by atoms with Crippen molar-refractivity contribution >= 4 is 28.3 Å². The van der Waals surface area contributed by atoms with Crippen LogP contribution in [-0.2, 0) is 20.9 Å². The number of carbonyl (C=O) groups is 2. The molecule has 114 valence electrons. The zero-order valence-corrected chi connectivity index (χ0v) is 12.3. The van der Waals surface area contributed by atoms with Gasteiger partial charge in [0.15, 0.2) is 5.13 Å². The SMILES string of the molecule is O=C(O)[C@@H]1CC(=O)N(Cc2csc(N3CCOCC3)n2)C1.